The van der Waals surface area contributed by atoms with Crippen LogP contribution >= 0.6 is 0 Å². The monoisotopic (exact) mass is 161 g/mol. The largest absolute Gasteiger partial charge is 0.476 e. The lowest BCUT2D eigenvalue weighted by molar-refractivity contribution is -0.510. The molecular formula is C5H7NO5. The zero-order valence-electron chi connectivity index (χ0n) is 5.60. The first-order valence-electron chi connectivity index (χ1n) is 2.89. The first kappa shape index (κ1) is 9.54. The SMILES string of the molecule is O=CCCC(C(=O)O)[N+](=O)[O-]. The molecule has 0 aromatic rings. The normalized spacial score (nSPS) is 12.0. The van der Waals surface area contributed by atoms with Crippen molar-refractivity contribution in [3.63, 3.8) is 0 Å². The molecule has 11 heavy (non-hydrogen) atoms. The van der Waals surface area contributed by atoms with E-state index in [0.717, 1.165) is 0 Å². The Bertz CT molecular complexity index is 164. The van der Waals surface area contributed by atoms with E-state index in [1.165, 1.54) is 0 Å². The summed E-state index contributed by atoms with van der Waals surface area (Å²) in [7, 11) is 0. The summed E-state index contributed by atoms with van der Waals surface area (Å²) >= 11 is 0. The topological polar surface area (TPSA) is 97.5 Å². The number of nitro groups is 1. The number of carbonyl (C=O) groups excluding carboxylic acids is 1. The van der Waals surface area contributed by atoms with Crippen molar-refractivity contribution in [2.24, 2.45) is 0 Å². The third-order valence-electron chi connectivity index (χ3n) is 1.10. The molecule has 6 heteroatoms. The zero-order valence-corrected chi connectivity index (χ0v) is 5.60. The Labute approximate surface area is 62.0 Å². The van der Waals surface area contributed by atoms with Crippen LogP contribution < -0.4 is 0 Å². The number of rotatable bonds is 5. The van der Waals surface area contributed by atoms with Crippen LogP contribution in [0, 0.1) is 10.1 Å². The van der Waals surface area contributed by atoms with Gasteiger partial charge in [-0.15, -0.1) is 0 Å². The maximum atomic E-state index is 10.1. The Hall–Kier alpha value is -1.46. The van der Waals surface area contributed by atoms with Crippen molar-refractivity contribution in [2.75, 3.05) is 0 Å². The summed E-state index contributed by atoms with van der Waals surface area (Å²) in [4.78, 5) is 28.9. The second-order valence-electron chi connectivity index (χ2n) is 1.88. The van der Waals surface area contributed by atoms with Gasteiger partial charge in [0, 0.05) is 17.8 Å². The number of hydrogen-bond acceptors (Lipinski definition) is 4. The van der Waals surface area contributed by atoms with Crippen molar-refractivity contribution in [2.45, 2.75) is 18.9 Å². The van der Waals surface area contributed by atoms with Crippen molar-refractivity contribution in [1.82, 2.24) is 0 Å². The van der Waals surface area contributed by atoms with E-state index in [-0.39, 0.29) is 12.8 Å². The minimum atomic E-state index is -1.65. The number of hydrogen-bond donors (Lipinski definition) is 1. The van der Waals surface area contributed by atoms with Crippen LogP contribution in [0.2, 0.25) is 0 Å². The molecule has 1 unspecified atom stereocenters. The Morgan fingerprint density at radius 1 is 1.73 bits per heavy atom. The summed E-state index contributed by atoms with van der Waals surface area (Å²) in [6, 6.07) is -1.65. The first-order chi connectivity index (χ1) is 5.09. The van der Waals surface area contributed by atoms with Gasteiger partial charge in [-0.05, 0) is 0 Å². The lowest BCUT2D eigenvalue weighted by atomic mass is 10.2. The average molecular weight is 161 g/mol. The molecule has 0 aromatic heterocycles. The van der Waals surface area contributed by atoms with Crippen LogP contribution in [0.4, 0.5) is 0 Å². The quantitative estimate of drug-likeness (QED) is 0.339. The highest BCUT2D eigenvalue weighted by Crippen LogP contribution is 1.99. The second kappa shape index (κ2) is 4.37. The van der Waals surface area contributed by atoms with Gasteiger partial charge in [-0.2, -0.15) is 0 Å². The molecule has 0 aliphatic carbocycles. The van der Waals surface area contributed by atoms with E-state index < -0.39 is 16.9 Å². The van der Waals surface area contributed by atoms with Crippen LogP contribution in [0.25, 0.3) is 0 Å². The van der Waals surface area contributed by atoms with E-state index >= 15 is 0 Å². The molecule has 0 bridgehead atoms. The van der Waals surface area contributed by atoms with Gasteiger partial charge in [0.25, 0.3) is 0 Å². The van der Waals surface area contributed by atoms with Gasteiger partial charge in [-0.1, -0.05) is 0 Å². The fraction of sp³-hybridized carbons (Fsp3) is 0.600. The molecule has 0 heterocycles. The van der Waals surface area contributed by atoms with Gasteiger partial charge in [0.05, 0.1) is 0 Å². The van der Waals surface area contributed by atoms with Gasteiger partial charge in [0.15, 0.2) is 0 Å². The molecule has 0 amide bonds. The molecule has 0 fully saturated rings. The maximum Gasteiger partial charge on any atom is 0.379 e. The molecule has 1 N–H and O–H groups in total. The minimum absolute atomic E-state index is 0.0993. The molecule has 0 aromatic carbocycles. The molecule has 1 atom stereocenters. The number of nitrogens with zero attached hydrogens (tertiary/aromatic N) is 1. The summed E-state index contributed by atoms with van der Waals surface area (Å²) in [5, 5.41) is 18.2. The van der Waals surface area contributed by atoms with Crippen LogP contribution in [0.3, 0.4) is 0 Å². The Morgan fingerprint density at radius 2 is 2.27 bits per heavy atom. The van der Waals surface area contributed by atoms with Crippen LogP contribution in [0.15, 0.2) is 0 Å². The van der Waals surface area contributed by atoms with E-state index in [2.05, 4.69) is 0 Å². The van der Waals surface area contributed by atoms with Gasteiger partial charge in [-0.25, -0.2) is 4.79 Å². The van der Waals surface area contributed by atoms with E-state index in [4.69, 9.17) is 5.11 Å². The predicted octanol–water partition coefficient (Wildman–Crippen LogP) is -0.305. The molecule has 62 valence electrons. The Balaban J connectivity index is 4.00. The number of carboxylic acids is 1. The van der Waals surface area contributed by atoms with Gasteiger partial charge in [-0.3, -0.25) is 10.1 Å². The van der Waals surface area contributed by atoms with Crippen molar-refractivity contribution >= 4 is 12.3 Å². The Morgan fingerprint density at radius 3 is 2.55 bits per heavy atom. The summed E-state index contributed by atoms with van der Waals surface area (Å²) < 4.78 is 0. The molecule has 0 spiro atoms. The molecule has 6 nitrogen and oxygen atoms in total. The van der Waals surface area contributed by atoms with E-state index in [9.17, 15) is 19.7 Å². The fourth-order valence-electron chi connectivity index (χ4n) is 0.545. The highest BCUT2D eigenvalue weighted by atomic mass is 16.6. The molecule has 0 saturated carbocycles. The second-order valence-corrected chi connectivity index (χ2v) is 1.88. The van der Waals surface area contributed by atoms with Crippen LogP contribution in [-0.2, 0) is 9.59 Å². The minimum Gasteiger partial charge on any atom is -0.476 e. The smallest absolute Gasteiger partial charge is 0.379 e. The number of carboxylic acid groups (broad SMARTS) is 1. The summed E-state index contributed by atoms with van der Waals surface area (Å²) in [5.74, 6) is -1.50. The van der Waals surface area contributed by atoms with Crippen molar-refractivity contribution in [3.05, 3.63) is 10.1 Å². The highest BCUT2D eigenvalue weighted by Gasteiger charge is 2.27. The van der Waals surface area contributed by atoms with E-state index in [1.54, 1.807) is 0 Å². The van der Waals surface area contributed by atoms with Crippen molar-refractivity contribution in [1.29, 1.82) is 0 Å². The highest BCUT2D eigenvalue weighted by molar-refractivity contribution is 5.72. The number of aldehydes is 1. The summed E-state index contributed by atoms with van der Waals surface area (Å²) in [5.41, 5.74) is 0. The fourth-order valence-corrected chi connectivity index (χ4v) is 0.545. The summed E-state index contributed by atoms with van der Waals surface area (Å²) in [6.07, 6.45) is 0.114. The molecule has 0 aliphatic heterocycles. The van der Waals surface area contributed by atoms with Gasteiger partial charge >= 0.3 is 12.0 Å². The molecular weight excluding hydrogens is 154 g/mol. The standard InChI is InChI=1S/C5H7NO5/c7-3-1-2-4(5(8)9)6(10)11/h3-4H,1-2H2,(H,8,9). The number of carbonyl (C=O) groups is 2. The van der Waals surface area contributed by atoms with Crippen LogP contribution in [0.1, 0.15) is 12.8 Å². The third-order valence-corrected chi connectivity index (χ3v) is 1.10. The maximum absolute atomic E-state index is 10.1. The first-order valence-corrected chi connectivity index (χ1v) is 2.89. The Kier molecular flexibility index (Phi) is 3.79. The molecule has 0 saturated heterocycles. The van der Waals surface area contributed by atoms with E-state index in [0.29, 0.717) is 6.29 Å². The van der Waals surface area contributed by atoms with E-state index in [1.807, 2.05) is 0 Å². The zero-order chi connectivity index (χ0) is 8.85. The number of aliphatic carboxylic acids is 1. The average Bonchev–Trinajstić information content (AvgIpc) is 1.87. The van der Waals surface area contributed by atoms with Crippen LogP contribution in [-0.4, -0.2) is 28.3 Å². The summed E-state index contributed by atoms with van der Waals surface area (Å²) in [6.45, 7) is 0. The lowest BCUT2D eigenvalue weighted by Crippen LogP contribution is -2.29. The molecule has 0 radical (unpaired) electrons. The van der Waals surface area contributed by atoms with Gasteiger partial charge in [0.2, 0.25) is 0 Å². The predicted molar refractivity (Wildman–Crippen MR) is 33.7 cm³/mol. The molecule has 0 aliphatic rings. The molecule has 0 rings (SSSR count). The van der Waals surface area contributed by atoms with Crippen molar-refractivity contribution in [3.8, 4) is 0 Å². The van der Waals surface area contributed by atoms with Crippen molar-refractivity contribution < 1.29 is 19.6 Å². The van der Waals surface area contributed by atoms with Crippen LogP contribution in [0.5, 0.6) is 0 Å². The van der Waals surface area contributed by atoms with Gasteiger partial charge < -0.3 is 9.90 Å². The third kappa shape index (κ3) is 3.29. The lowest BCUT2D eigenvalue weighted by Gasteiger charge is -1.99. The van der Waals surface area contributed by atoms with Gasteiger partial charge in [0.1, 0.15) is 6.29 Å².